The van der Waals surface area contributed by atoms with Gasteiger partial charge in [0.15, 0.2) is 0 Å². The summed E-state index contributed by atoms with van der Waals surface area (Å²) in [5.74, 6) is -0.190. The van der Waals surface area contributed by atoms with Gasteiger partial charge in [0.2, 0.25) is 5.91 Å². The number of nitrogens with zero attached hydrogens (tertiary/aromatic N) is 2. The van der Waals surface area contributed by atoms with Crippen LogP contribution < -0.4 is 10.9 Å². The van der Waals surface area contributed by atoms with Gasteiger partial charge in [-0.05, 0) is 32.8 Å². The van der Waals surface area contributed by atoms with Crippen molar-refractivity contribution in [1.82, 2.24) is 14.9 Å². The summed E-state index contributed by atoms with van der Waals surface area (Å²) in [5.41, 5.74) is 0.792. The summed E-state index contributed by atoms with van der Waals surface area (Å²) in [6, 6.07) is 0. The molecule has 6 nitrogen and oxygen atoms in total. The molecule has 0 fully saturated rings. The summed E-state index contributed by atoms with van der Waals surface area (Å²) in [7, 11) is 0. The summed E-state index contributed by atoms with van der Waals surface area (Å²) >= 11 is 1.50. The predicted molar refractivity (Wildman–Crippen MR) is 87.5 cm³/mol. The molecule has 0 aliphatic carbocycles. The number of ether oxygens (including phenoxy) is 1. The first kappa shape index (κ1) is 16.6. The lowest BCUT2D eigenvalue weighted by atomic mass is 10.2. The highest BCUT2D eigenvalue weighted by atomic mass is 32.1. The quantitative estimate of drug-likeness (QED) is 0.786. The summed E-state index contributed by atoms with van der Waals surface area (Å²) in [6.45, 7) is 7.64. The number of nitrogens with one attached hydrogen (secondary N) is 1. The van der Waals surface area contributed by atoms with E-state index >= 15 is 0 Å². The molecular weight excluding hydrogens is 302 g/mol. The summed E-state index contributed by atoms with van der Waals surface area (Å²) in [6.07, 6.45) is 2.20. The second-order valence-corrected chi connectivity index (χ2v) is 6.24. The number of fused-ring (bicyclic) bond motifs is 1. The van der Waals surface area contributed by atoms with E-state index in [1.807, 2.05) is 20.8 Å². The maximum Gasteiger partial charge on any atom is 0.262 e. The minimum atomic E-state index is -0.190. The Hall–Kier alpha value is -1.73. The molecule has 1 N–H and O–H groups in total. The second-order valence-electron chi connectivity index (χ2n) is 5.04. The largest absolute Gasteiger partial charge is 0.382 e. The van der Waals surface area contributed by atoms with Gasteiger partial charge in [-0.25, -0.2) is 4.98 Å². The van der Waals surface area contributed by atoms with Crippen molar-refractivity contribution in [1.29, 1.82) is 0 Å². The minimum Gasteiger partial charge on any atom is -0.382 e. The fourth-order valence-corrected chi connectivity index (χ4v) is 3.13. The zero-order valence-corrected chi connectivity index (χ0v) is 14.0. The van der Waals surface area contributed by atoms with Gasteiger partial charge in [-0.3, -0.25) is 14.2 Å². The Kier molecular flexibility index (Phi) is 5.68. The van der Waals surface area contributed by atoms with Crippen molar-refractivity contribution in [3.63, 3.8) is 0 Å². The third kappa shape index (κ3) is 3.72. The molecule has 2 rings (SSSR count). The van der Waals surface area contributed by atoms with E-state index in [0.717, 1.165) is 21.7 Å². The van der Waals surface area contributed by atoms with Crippen molar-refractivity contribution in [3.05, 3.63) is 27.1 Å². The van der Waals surface area contributed by atoms with Gasteiger partial charge in [-0.2, -0.15) is 0 Å². The number of amides is 1. The smallest absolute Gasteiger partial charge is 0.262 e. The summed E-state index contributed by atoms with van der Waals surface area (Å²) in [4.78, 5) is 30.4. The number of carbonyl (C=O) groups excluding carboxylic acids is 1. The van der Waals surface area contributed by atoms with Crippen LogP contribution in [0.15, 0.2) is 11.1 Å². The fraction of sp³-hybridized carbons (Fsp3) is 0.533. The molecule has 7 heteroatoms. The van der Waals surface area contributed by atoms with Gasteiger partial charge >= 0.3 is 0 Å². The summed E-state index contributed by atoms with van der Waals surface area (Å²) in [5, 5.41) is 3.40. The van der Waals surface area contributed by atoms with Gasteiger partial charge in [-0.15, -0.1) is 11.3 Å². The first-order valence-electron chi connectivity index (χ1n) is 7.34. The molecule has 120 valence electrons. The highest BCUT2D eigenvalue weighted by Gasteiger charge is 2.13. The van der Waals surface area contributed by atoms with E-state index in [0.29, 0.717) is 25.1 Å². The molecule has 0 atom stereocenters. The monoisotopic (exact) mass is 323 g/mol. The Balaban J connectivity index is 2.02. The highest BCUT2D eigenvalue weighted by molar-refractivity contribution is 7.18. The van der Waals surface area contributed by atoms with Crippen LogP contribution in [0.3, 0.4) is 0 Å². The highest BCUT2D eigenvalue weighted by Crippen LogP contribution is 2.25. The van der Waals surface area contributed by atoms with Crippen LogP contribution in [0.1, 0.15) is 23.8 Å². The number of hydrogen-bond acceptors (Lipinski definition) is 5. The Bertz CT molecular complexity index is 721. The first-order chi connectivity index (χ1) is 10.5. The van der Waals surface area contributed by atoms with Crippen molar-refractivity contribution in [3.8, 4) is 0 Å². The number of rotatable bonds is 7. The minimum absolute atomic E-state index is 0.00918. The fourth-order valence-electron chi connectivity index (χ4n) is 2.14. The lowest BCUT2D eigenvalue weighted by Crippen LogP contribution is -2.33. The number of aryl methyl sites for hydroxylation is 2. The van der Waals surface area contributed by atoms with Gasteiger partial charge in [0.1, 0.15) is 11.4 Å². The topological polar surface area (TPSA) is 73.2 Å². The van der Waals surface area contributed by atoms with Gasteiger partial charge < -0.3 is 10.1 Å². The molecule has 2 heterocycles. The van der Waals surface area contributed by atoms with Crippen molar-refractivity contribution < 1.29 is 9.53 Å². The second kappa shape index (κ2) is 7.51. The molecule has 1 amide bonds. The zero-order chi connectivity index (χ0) is 16.1. The molecule has 0 bridgehead atoms. The van der Waals surface area contributed by atoms with Crippen LogP contribution in [-0.4, -0.2) is 35.2 Å². The SMILES string of the molecule is CCOCCCNC(=O)Cn1cnc2sc(C)c(C)c2c1=O. The van der Waals surface area contributed by atoms with E-state index in [1.54, 1.807) is 0 Å². The predicted octanol–water partition coefficient (Wildman–Crippen LogP) is 1.62. The van der Waals surface area contributed by atoms with Crippen molar-refractivity contribution in [2.45, 2.75) is 33.7 Å². The molecule has 2 aromatic rings. The molecule has 0 spiro atoms. The molecule has 22 heavy (non-hydrogen) atoms. The molecule has 0 saturated carbocycles. The van der Waals surface area contributed by atoms with Crippen LogP contribution in [-0.2, 0) is 16.1 Å². The van der Waals surface area contributed by atoms with E-state index in [-0.39, 0.29) is 18.0 Å². The molecule has 2 aromatic heterocycles. The van der Waals surface area contributed by atoms with E-state index in [4.69, 9.17) is 4.74 Å². The average Bonchev–Trinajstić information content (AvgIpc) is 2.78. The molecule has 0 aromatic carbocycles. The Morgan fingerprint density at radius 1 is 1.45 bits per heavy atom. The average molecular weight is 323 g/mol. The Labute approximate surface area is 133 Å². The molecule has 0 aliphatic heterocycles. The van der Waals surface area contributed by atoms with Crippen LogP contribution in [0.4, 0.5) is 0 Å². The van der Waals surface area contributed by atoms with Crippen molar-refractivity contribution in [2.24, 2.45) is 0 Å². The molecule has 0 aliphatic rings. The number of aromatic nitrogens is 2. The normalized spacial score (nSPS) is 11.0. The van der Waals surface area contributed by atoms with E-state index in [2.05, 4.69) is 10.3 Å². The molecule has 0 saturated heterocycles. The standard InChI is InChI=1S/C15H21N3O3S/c1-4-21-7-5-6-16-12(19)8-18-9-17-14-13(15(18)20)10(2)11(3)22-14/h9H,4-8H2,1-3H3,(H,16,19). The van der Waals surface area contributed by atoms with Crippen LogP contribution in [0, 0.1) is 13.8 Å². The summed E-state index contributed by atoms with van der Waals surface area (Å²) < 4.78 is 6.56. The van der Waals surface area contributed by atoms with Gasteiger partial charge in [0, 0.05) is 24.6 Å². The van der Waals surface area contributed by atoms with Crippen LogP contribution >= 0.6 is 11.3 Å². The van der Waals surface area contributed by atoms with E-state index < -0.39 is 0 Å². The van der Waals surface area contributed by atoms with Gasteiger partial charge in [0.25, 0.3) is 5.56 Å². The van der Waals surface area contributed by atoms with Crippen LogP contribution in [0.5, 0.6) is 0 Å². The number of thiophene rings is 1. The van der Waals surface area contributed by atoms with Crippen molar-refractivity contribution >= 4 is 27.5 Å². The number of hydrogen-bond donors (Lipinski definition) is 1. The van der Waals surface area contributed by atoms with Gasteiger partial charge in [0.05, 0.1) is 11.7 Å². The van der Waals surface area contributed by atoms with E-state index in [9.17, 15) is 9.59 Å². The van der Waals surface area contributed by atoms with Crippen LogP contribution in [0.25, 0.3) is 10.2 Å². The third-order valence-electron chi connectivity index (χ3n) is 3.46. The zero-order valence-electron chi connectivity index (χ0n) is 13.1. The molecule has 0 radical (unpaired) electrons. The number of carbonyl (C=O) groups is 1. The Morgan fingerprint density at radius 2 is 2.23 bits per heavy atom. The van der Waals surface area contributed by atoms with E-state index in [1.165, 1.54) is 22.2 Å². The lowest BCUT2D eigenvalue weighted by Gasteiger charge is -2.07. The first-order valence-corrected chi connectivity index (χ1v) is 8.15. The maximum absolute atomic E-state index is 12.4. The lowest BCUT2D eigenvalue weighted by molar-refractivity contribution is -0.121. The van der Waals surface area contributed by atoms with Gasteiger partial charge in [-0.1, -0.05) is 0 Å². The van der Waals surface area contributed by atoms with Crippen molar-refractivity contribution in [2.75, 3.05) is 19.8 Å². The third-order valence-corrected chi connectivity index (χ3v) is 4.58. The molecule has 0 unspecified atom stereocenters. The Morgan fingerprint density at radius 3 is 2.95 bits per heavy atom. The van der Waals surface area contributed by atoms with Crippen LogP contribution in [0.2, 0.25) is 0 Å². The maximum atomic E-state index is 12.4. The molecular formula is C15H21N3O3S.